The summed E-state index contributed by atoms with van der Waals surface area (Å²) in [5.41, 5.74) is 2.39. The maximum Gasteiger partial charge on any atom is 2.00 e. The maximum atomic E-state index is 11.1. The van der Waals surface area contributed by atoms with Gasteiger partial charge in [-0.1, -0.05) is 139 Å². The van der Waals surface area contributed by atoms with Gasteiger partial charge in [0.15, 0.2) is 0 Å². The van der Waals surface area contributed by atoms with E-state index in [1.807, 2.05) is 12.1 Å². The van der Waals surface area contributed by atoms with Crippen LogP contribution in [-0.2, 0) is 12.8 Å². The first-order valence-corrected chi connectivity index (χ1v) is 13.2. The zero-order valence-corrected chi connectivity index (χ0v) is 23.7. The van der Waals surface area contributed by atoms with Crippen molar-refractivity contribution in [3.63, 3.8) is 0 Å². The van der Waals surface area contributed by atoms with Gasteiger partial charge in [-0.2, -0.15) is 0 Å². The minimum atomic E-state index is 0. The second-order valence-corrected chi connectivity index (χ2v) is 9.04. The van der Waals surface area contributed by atoms with Crippen molar-refractivity contribution in [2.24, 2.45) is 0 Å². The van der Waals surface area contributed by atoms with Crippen molar-refractivity contribution in [2.45, 2.75) is 117 Å². The van der Waals surface area contributed by atoms with Crippen molar-refractivity contribution in [2.75, 3.05) is 0 Å². The molecule has 0 fully saturated rings. The summed E-state index contributed by atoms with van der Waals surface area (Å²) in [6, 6.07) is 14.6. The molecule has 0 aromatic heterocycles. The van der Waals surface area contributed by atoms with Gasteiger partial charge in [-0.3, -0.25) is 0 Å². The summed E-state index contributed by atoms with van der Waals surface area (Å²) in [5, 5.41) is 22.2. The smallest absolute Gasteiger partial charge is 0.872 e. The van der Waals surface area contributed by atoms with E-state index >= 15 is 0 Å². The van der Waals surface area contributed by atoms with Crippen LogP contribution in [0.1, 0.15) is 115 Å². The zero-order valence-electron chi connectivity index (χ0n) is 21.5. The van der Waals surface area contributed by atoms with Crippen molar-refractivity contribution in [1.29, 1.82) is 0 Å². The van der Waals surface area contributed by atoms with Gasteiger partial charge in [0.2, 0.25) is 0 Å². The minimum Gasteiger partial charge on any atom is -0.872 e. The molecule has 0 radical (unpaired) electrons. The molecule has 0 saturated heterocycles. The van der Waals surface area contributed by atoms with Crippen molar-refractivity contribution in [3.8, 4) is 11.5 Å². The van der Waals surface area contributed by atoms with Gasteiger partial charge in [0.1, 0.15) is 0 Å². The van der Waals surface area contributed by atoms with E-state index in [4.69, 9.17) is 0 Å². The first kappa shape index (κ1) is 32.3. The molecule has 2 nitrogen and oxygen atoms in total. The Labute approximate surface area is 234 Å². The van der Waals surface area contributed by atoms with Crippen molar-refractivity contribution < 1.29 is 10.2 Å². The number of rotatable bonds is 16. The van der Waals surface area contributed by atoms with Crippen molar-refractivity contribution in [3.05, 3.63) is 59.7 Å². The third-order valence-corrected chi connectivity index (χ3v) is 5.93. The molecule has 3 heteroatoms. The van der Waals surface area contributed by atoms with Crippen molar-refractivity contribution in [1.82, 2.24) is 0 Å². The van der Waals surface area contributed by atoms with E-state index in [0.29, 0.717) is 0 Å². The van der Waals surface area contributed by atoms with Gasteiger partial charge < -0.3 is 10.2 Å². The van der Waals surface area contributed by atoms with Crippen LogP contribution in [-0.4, -0.2) is 37.7 Å². The summed E-state index contributed by atoms with van der Waals surface area (Å²) in [6.07, 6.45) is 20.7. The van der Waals surface area contributed by atoms with Gasteiger partial charge >= 0.3 is 37.7 Å². The number of aryl methyl sites for hydroxylation is 2. The summed E-state index contributed by atoms with van der Waals surface area (Å²) < 4.78 is 0. The van der Waals surface area contributed by atoms with Crippen LogP contribution in [0.15, 0.2) is 48.5 Å². The molecule has 180 valence electrons. The maximum absolute atomic E-state index is 11.1. The number of hydrogen-bond acceptors (Lipinski definition) is 2. The molecule has 0 saturated carbocycles. The largest absolute Gasteiger partial charge is 2.00 e. The summed E-state index contributed by atoms with van der Waals surface area (Å²) in [4.78, 5) is 0. The van der Waals surface area contributed by atoms with E-state index in [2.05, 4.69) is 26.0 Å². The van der Waals surface area contributed by atoms with Crippen molar-refractivity contribution >= 4 is 37.7 Å². The average Bonchev–Trinajstić information content (AvgIpc) is 2.78. The molecule has 0 heterocycles. The molecule has 0 amide bonds. The second kappa shape index (κ2) is 23.1. The van der Waals surface area contributed by atoms with Crippen LogP contribution in [0.25, 0.3) is 0 Å². The standard InChI is InChI=1S/2C15H24O.Ca/c2*1-2-3-4-5-6-7-8-10-14-11-9-12-15(16)13-14;/h2*9,11-13,16H,2-8,10H2,1H3;/q;;+2/p-2. The van der Waals surface area contributed by atoms with Gasteiger partial charge in [0.25, 0.3) is 0 Å². The third-order valence-electron chi connectivity index (χ3n) is 5.93. The van der Waals surface area contributed by atoms with Crippen LogP contribution in [0.5, 0.6) is 11.5 Å². The molecule has 2 aromatic rings. The fourth-order valence-electron chi connectivity index (χ4n) is 3.97. The van der Waals surface area contributed by atoms with E-state index in [0.717, 1.165) is 12.8 Å². The predicted octanol–water partition coefficient (Wildman–Crippen LogP) is 7.73. The van der Waals surface area contributed by atoms with Gasteiger partial charge in [0.05, 0.1) is 0 Å². The Hall–Kier alpha value is -0.700. The van der Waals surface area contributed by atoms with Gasteiger partial charge in [-0.05, 0) is 36.8 Å². The SMILES string of the molecule is CCCCCCCCCc1cccc([O-])c1.CCCCCCCCCc1cccc([O-])c1.[Ca+2]. The molecule has 0 unspecified atom stereocenters. The van der Waals surface area contributed by atoms with Crippen LogP contribution in [0.2, 0.25) is 0 Å². The third kappa shape index (κ3) is 19.3. The van der Waals surface area contributed by atoms with E-state index in [-0.39, 0.29) is 49.2 Å². The quantitative estimate of drug-likeness (QED) is 0.183. The summed E-state index contributed by atoms with van der Waals surface area (Å²) in [5.74, 6) is 0.279. The molecule has 0 spiro atoms. The van der Waals surface area contributed by atoms with Crippen LogP contribution in [0.4, 0.5) is 0 Å². The Morgan fingerprint density at radius 3 is 1.15 bits per heavy atom. The molecule has 33 heavy (non-hydrogen) atoms. The first-order valence-electron chi connectivity index (χ1n) is 13.2. The van der Waals surface area contributed by atoms with E-state index in [1.54, 1.807) is 24.3 Å². The van der Waals surface area contributed by atoms with Crippen LogP contribution >= 0.6 is 0 Å². The minimum absolute atomic E-state index is 0. The molecule has 0 atom stereocenters. The second-order valence-electron chi connectivity index (χ2n) is 9.04. The normalized spacial score (nSPS) is 10.2. The van der Waals surface area contributed by atoms with E-state index < -0.39 is 0 Å². The molecule has 0 bridgehead atoms. The number of benzene rings is 2. The summed E-state index contributed by atoms with van der Waals surface area (Å²) in [6.45, 7) is 4.49. The van der Waals surface area contributed by atoms with E-state index in [9.17, 15) is 10.2 Å². The van der Waals surface area contributed by atoms with Crippen LogP contribution in [0, 0.1) is 0 Å². The van der Waals surface area contributed by atoms with Crippen LogP contribution in [0.3, 0.4) is 0 Å². The molecule has 0 aliphatic heterocycles. The Morgan fingerprint density at radius 2 is 0.818 bits per heavy atom. The molecule has 2 rings (SSSR count). The van der Waals surface area contributed by atoms with E-state index in [1.165, 1.54) is 101 Å². The van der Waals surface area contributed by atoms with Gasteiger partial charge in [-0.25, -0.2) is 0 Å². The first-order chi connectivity index (χ1) is 15.7. The Bertz CT molecular complexity index is 627. The molecule has 0 aliphatic rings. The zero-order chi connectivity index (χ0) is 23.3. The molecular weight excluding hydrogens is 432 g/mol. The molecule has 0 aliphatic carbocycles. The average molecular weight is 479 g/mol. The fourth-order valence-corrected chi connectivity index (χ4v) is 3.97. The van der Waals surface area contributed by atoms with Gasteiger partial charge in [-0.15, -0.1) is 11.5 Å². The predicted molar refractivity (Wildman–Crippen MR) is 141 cm³/mol. The van der Waals surface area contributed by atoms with Gasteiger partial charge in [0, 0.05) is 0 Å². The number of unbranched alkanes of at least 4 members (excludes halogenated alkanes) is 12. The molecular formula is C30H46CaO2. The Morgan fingerprint density at radius 1 is 0.485 bits per heavy atom. The fraction of sp³-hybridized carbons (Fsp3) is 0.600. The topological polar surface area (TPSA) is 46.1 Å². The Balaban J connectivity index is 0.000000602. The number of hydrogen-bond donors (Lipinski definition) is 0. The molecule has 2 aromatic carbocycles. The summed E-state index contributed by atoms with van der Waals surface area (Å²) in [7, 11) is 0. The monoisotopic (exact) mass is 478 g/mol. The van der Waals surface area contributed by atoms with Crippen LogP contribution < -0.4 is 10.2 Å². The Kier molecular flexibility index (Phi) is 22.6. The molecule has 0 N–H and O–H groups in total. The summed E-state index contributed by atoms with van der Waals surface area (Å²) >= 11 is 0.